The molecule has 0 aliphatic carbocycles. The molecule has 0 fully saturated rings. The molecule has 0 aliphatic rings. The molecule has 0 saturated carbocycles. The van der Waals surface area contributed by atoms with Gasteiger partial charge in [0.1, 0.15) is 0 Å². The Morgan fingerprint density at radius 1 is 0.852 bits per heavy atom. The average molecular weight is 356 g/mol. The number of amides is 1. The molecule has 0 saturated heterocycles. The number of hydrogen-bond donors (Lipinski definition) is 1. The van der Waals surface area contributed by atoms with Crippen LogP contribution in [0.5, 0.6) is 0 Å². The van der Waals surface area contributed by atoms with E-state index < -0.39 is 0 Å². The van der Waals surface area contributed by atoms with Crippen LogP contribution in [0.25, 0.3) is 5.69 Å². The fourth-order valence-electron chi connectivity index (χ4n) is 3.02. The lowest BCUT2D eigenvalue weighted by Crippen LogP contribution is -2.23. The molecule has 0 radical (unpaired) electrons. The highest BCUT2D eigenvalue weighted by Gasteiger charge is 2.08. The normalized spacial score (nSPS) is 10.7. The summed E-state index contributed by atoms with van der Waals surface area (Å²) in [6.45, 7) is 1.17. The van der Waals surface area contributed by atoms with E-state index in [1.54, 1.807) is 6.20 Å². The van der Waals surface area contributed by atoms with Gasteiger partial charge in [0, 0.05) is 42.6 Å². The maximum Gasteiger partial charge on any atom is 0.251 e. The molecule has 0 aliphatic heterocycles. The third-order valence-corrected chi connectivity index (χ3v) is 4.48. The number of nitrogens with one attached hydrogen (secondary N) is 1. The molecule has 2 heterocycles. The fraction of sp³-hybridized carbons (Fsp3) is 0.0909. The van der Waals surface area contributed by atoms with E-state index in [1.165, 1.54) is 0 Å². The second-order valence-electron chi connectivity index (χ2n) is 6.29. The van der Waals surface area contributed by atoms with Crippen molar-refractivity contribution in [2.24, 2.45) is 0 Å². The van der Waals surface area contributed by atoms with Gasteiger partial charge in [0.25, 0.3) is 5.91 Å². The van der Waals surface area contributed by atoms with E-state index in [-0.39, 0.29) is 5.91 Å². The topological polar surface area (TPSA) is 51.9 Å². The molecule has 0 bridgehead atoms. The monoisotopic (exact) mass is 356 g/mol. The third-order valence-electron chi connectivity index (χ3n) is 4.48. The third kappa shape index (κ3) is 3.98. The Kier molecular flexibility index (Phi) is 4.83. The van der Waals surface area contributed by atoms with Crippen LogP contribution >= 0.6 is 0 Å². The first-order valence-electron chi connectivity index (χ1n) is 8.85. The zero-order chi connectivity index (χ0) is 18.5. The Morgan fingerprint density at radius 3 is 2.30 bits per heavy atom. The minimum Gasteiger partial charge on any atom is -0.348 e. The van der Waals surface area contributed by atoms with Crippen LogP contribution in [0.1, 0.15) is 21.5 Å². The van der Waals surface area contributed by atoms with Gasteiger partial charge in [-0.1, -0.05) is 24.3 Å². The van der Waals surface area contributed by atoms with Crippen molar-refractivity contribution in [2.45, 2.75) is 13.1 Å². The predicted molar refractivity (Wildman–Crippen MR) is 105 cm³/mol. The number of benzene rings is 2. The summed E-state index contributed by atoms with van der Waals surface area (Å²) in [4.78, 5) is 12.5. The minimum atomic E-state index is -0.0806. The highest BCUT2D eigenvalue weighted by atomic mass is 16.1. The molecule has 4 aromatic rings. The molecule has 5 nitrogen and oxygen atoms in total. The predicted octanol–water partition coefficient (Wildman–Crippen LogP) is 3.65. The lowest BCUT2D eigenvalue weighted by atomic mass is 10.1. The maximum atomic E-state index is 12.5. The largest absolute Gasteiger partial charge is 0.348 e. The SMILES string of the molecule is O=C(NCc1ccccc1Cn1cccn1)c1ccc(-n2cccc2)cc1. The van der Waals surface area contributed by atoms with Crippen molar-refractivity contribution in [2.75, 3.05) is 0 Å². The van der Waals surface area contributed by atoms with Crippen LogP contribution in [0.3, 0.4) is 0 Å². The Morgan fingerprint density at radius 2 is 1.59 bits per heavy atom. The Balaban J connectivity index is 1.42. The van der Waals surface area contributed by atoms with Crippen LogP contribution in [-0.2, 0) is 13.1 Å². The number of hydrogen-bond acceptors (Lipinski definition) is 2. The molecule has 1 N–H and O–H groups in total. The van der Waals surface area contributed by atoms with Gasteiger partial charge in [-0.2, -0.15) is 5.10 Å². The van der Waals surface area contributed by atoms with Crippen molar-refractivity contribution in [3.05, 3.63) is 108 Å². The highest BCUT2D eigenvalue weighted by molar-refractivity contribution is 5.94. The lowest BCUT2D eigenvalue weighted by molar-refractivity contribution is 0.0951. The highest BCUT2D eigenvalue weighted by Crippen LogP contribution is 2.12. The van der Waals surface area contributed by atoms with E-state index in [4.69, 9.17) is 0 Å². The molecule has 4 rings (SSSR count). The van der Waals surface area contributed by atoms with Crippen LogP contribution < -0.4 is 5.32 Å². The molecule has 2 aromatic heterocycles. The molecular weight excluding hydrogens is 336 g/mol. The standard InChI is InChI=1S/C22H20N4O/c27-22(18-8-10-21(11-9-18)25-13-3-4-14-25)23-16-19-6-1-2-7-20(19)17-26-15-5-12-24-26/h1-15H,16-17H2,(H,23,27). The summed E-state index contributed by atoms with van der Waals surface area (Å²) >= 11 is 0. The van der Waals surface area contributed by atoms with E-state index in [9.17, 15) is 4.79 Å². The van der Waals surface area contributed by atoms with Crippen molar-refractivity contribution in [1.82, 2.24) is 19.7 Å². The Bertz CT molecular complexity index is 1000. The first-order valence-corrected chi connectivity index (χ1v) is 8.85. The van der Waals surface area contributed by atoms with Crippen molar-refractivity contribution < 1.29 is 4.79 Å². The zero-order valence-corrected chi connectivity index (χ0v) is 14.8. The second-order valence-corrected chi connectivity index (χ2v) is 6.29. The maximum absolute atomic E-state index is 12.5. The van der Waals surface area contributed by atoms with Gasteiger partial charge in [-0.05, 0) is 53.6 Å². The number of rotatable bonds is 6. The first kappa shape index (κ1) is 16.8. The summed E-state index contributed by atoms with van der Waals surface area (Å²) in [6, 6.07) is 21.5. The van der Waals surface area contributed by atoms with Crippen LogP contribution in [0.4, 0.5) is 0 Å². The van der Waals surface area contributed by atoms with E-state index >= 15 is 0 Å². The van der Waals surface area contributed by atoms with E-state index in [0.717, 1.165) is 16.8 Å². The summed E-state index contributed by atoms with van der Waals surface area (Å²) in [5.41, 5.74) is 3.91. The van der Waals surface area contributed by atoms with Gasteiger partial charge in [0.2, 0.25) is 0 Å². The van der Waals surface area contributed by atoms with Crippen molar-refractivity contribution >= 4 is 5.91 Å². The number of carbonyl (C=O) groups excluding carboxylic acids is 1. The Labute approximate surface area is 157 Å². The van der Waals surface area contributed by atoms with Gasteiger partial charge in [-0.3, -0.25) is 9.48 Å². The van der Waals surface area contributed by atoms with Crippen LogP contribution in [0.15, 0.2) is 91.5 Å². The van der Waals surface area contributed by atoms with E-state index in [2.05, 4.69) is 16.5 Å². The second kappa shape index (κ2) is 7.74. The summed E-state index contributed by atoms with van der Waals surface area (Å²) in [5.74, 6) is -0.0806. The van der Waals surface area contributed by atoms with Crippen LogP contribution in [0.2, 0.25) is 0 Å². The van der Waals surface area contributed by atoms with Gasteiger partial charge >= 0.3 is 0 Å². The quantitative estimate of drug-likeness (QED) is 0.573. The Hall–Kier alpha value is -3.60. The molecule has 0 unspecified atom stereocenters. The molecule has 0 atom stereocenters. The molecule has 2 aromatic carbocycles. The van der Waals surface area contributed by atoms with Crippen molar-refractivity contribution in [1.29, 1.82) is 0 Å². The zero-order valence-electron chi connectivity index (χ0n) is 14.8. The van der Waals surface area contributed by atoms with Crippen molar-refractivity contribution in [3.8, 4) is 5.69 Å². The number of nitrogens with zero attached hydrogens (tertiary/aromatic N) is 3. The smallest absolute Gasteiger partial charge is 0.251 e. The van der Waals surface area contributed by atoms with E-state index in [1.807, 2.05) is 88.5 Å². The van der Waals surface area contributed by atoms with Gasteiger partial charge in [-0.15, -0.1) is 0 Å². The van der Waals surface area contributed by atoms with Gasteiger partial charge in [-0.25, -0.2) is 0 Å². The molecule has 1 amide bonds. The number of aromatic nitrogens is 3. The fourth-order valence-corrected chi connectivity index (χ4v) is 3.02. The summed E-state index contributed by atoms with van der Waals surface area (Å²) in [5, 5.41) is 7.27. The molecule has 27 heavy (non-hydrogen) atoms. The van der Waals surface area contributed by atoms with Gasteiger partial charge in [0.05, 0.1) is 6.54 Å². The van der Waals surface area contributed by atoms with Gasteiger partial charge in [0.15, 0.2) is 0 Å². The summed E-state index contributed by atoms with van der Waals surface area (Å²) in [7, 11) is 0. The van der Waals surface area contributed by atoms with Gasteiger partial charge < -0.3 is 9.88 Å². The van der Waals surface area contributed by atoms with E-state index in [0.29, 0.717) is 18.7 Å². The first-order chi connectivity index (χ1) is 13.3. The minimum absolute atomic E-state index is 0.0806. The van der Waals surface area contributed by atoms with Crippen LogP contribution in [0, 0.1) is 0 Å². The molecule has 134 valence electrons. The average Bonchev–Trinajstić information content (AvgIpc) is 3.41. The molecule has 5 heteroatoms. The van der Waals surface area contributed by atoms with Crippen LogP contribution in [-0.4, -0.2) is 20.3 Å². The number of carbonyl (C=O) groups is 1. The lowest BCUT2D eigenvalue weighted by Gasteiger charge is -2.11. The molecule has 0 spiro atoms. The summed E-state index contributed by atoms with van der Waals surface area (Å²) < 4.78 is 3.88. The molecular formula is C22H20N4O. The summed E-state index contributed by atoms with van der Waals surface area (Å²) in [6.07, 6.45) is 7.65. The van der Waals surface area contributed by atoms with Crippen molar-refractivity contribution in [3.63, 3.8) is 0 Å².